The quantitative estimate of drug-likeness (QED) is 0.257. The van der Waals surface area contributed by atoms with E-state index in [0.717, 1.165) is 31.6 Å². The molecule has 0 saturated heterocycles. The number of rotatable bonds is 12. The highest BCUT2D eigenvalue weighted by Crippen LogP contribution is 2.26. The summed E-state index contributed by atoms with van der Waals surface area (Å²) in [5.41, 5.74) is 10.1. The number of carbonyl (C=O) groups excluding carboxylic acids is 1. The fourth-order valence-electron chi connectivity index (χ4n) is 4.48. The predicted molar refractivity (Wildman–Crippen MR) is 146 cm³/mol. The minimum absolute atomic E-state index is 0.203. The van der Waals surface area contributed by atoms with Crippen molar-refractivity contribution in [3.05, 3.63) is 137 Å². The lowest BCUT2D eigenvalue weighted by molar-refractivity contribution is 0.1000. The molecule has 4 aromatic rings. The van der Waals surface area contributed by atoms with E-state index in [0.29, 0.717) is 23.5 Å². The molecule has 0 saturated carbocycles. The highest BCUT2D eigenvalue weighted by Gasteiger charge is 2.19. The number of carbonyl (C=O) groups is 1. The molecular formula is C32H31N3O2. The van der Waals surface area contributed by atoms with Gasteiger partial charge in [0.1, 0.15) is 5.75 Å². The minimum atomic E-state index is -0.468. The first-order valence-electron chi connectivity index (χ1n) is 12.5. The Morgan fingerprint density at radius 2 is 1.54 bits per heavy atom. The lowest BCUT2D eigenvalue weighted by Gasteiger charge is -2.28. The van der Waals surface area contributed by atoms with Crippen LogP contribution < -0.4 is 10.5 Å². The van der Waals surface area contributed by atoms with Crippen LogP contribution >= 0.6 is 0 Å². The zero-order valence-corrected chi connectivity index (χ0v) is 20.8. The van der Waals surface area contributed by atoms with Gasteiger partial charge in [-0.1, -0.05) is 78.9 Å². The third-order valence-electron chi connectivity index (χ3n) is 6.31. The van der Waals surface area contributed by atoms with E-state index < -0.39 is 5.91 Å². The van der Waals surface area contributed by atoms with Gasteiger partial charge in [0.15, 0.2) is 0 Å². The lowest BCUT2D eigenvalue weighted by Crippen LogP contribution is -2.30. The van der Waals surface area contributed by atoms with Gasteiger partial charge in [0, 0.05) is 31.1 Å². The second-order valence-electron chi connectivity index (χ2n) is 9.02. The van der Waals surface area contributed by atoms with E-state index in [4.69, 9.17) is 10.5 Å². The average molecular weight is 490 g/mol. The summed E-state index contributed by atoms with van der Waals surface area (Å²) in [4.78, 5) is 13.9. The van der Waals surface area contributed by atoms with E-state index in [9.17, 15) is 10.1 Å². The molecule has 0 bridgehead atoms. The number of ether oxygens (including phenoxy) is 1. The van der Waals surface area contributed by atoms with Crippen molar-refractivity contribution in [1.82, 2.24) is 4.90 Å². The summed E-state index contributed by atoms with van der Waals surface area (Å²) in [7, 11) is 0. The molecule has 2 N–H and O–H groups in total. The van der Waals surface area contributed by atoms with Crippen LogP contribution in [0.3, 0.4) is 0 Å². The average Bonchev–Trinajstić information content (AvgIpc) is 2.95. The number of benzene rings is 4. The number of hydrogen-bond acceptors (Lipinski definition) is 4. The van der Waals surface area contributed by atoms with Gasteiger partial charge in [-0.05, 0) is 53.4 Å². The first kappa shape index (κ1) is 25.7. The SMILES string of the molecule is N#Cc1cccc(CN(CCCOc2cccc(C(N)=O)c2)CC(c2ccccc2)c2ccccc2)c1. The molecule has 0 spiro atoms. The molecule has 0 aliphatic heterocycles. The van der Waals surface area contributed by atoms with Crippen molar-refractivity contribution in [2.75, 3.05) is 19.7 Å². The van der Waals surface area contributed by atoms with Crippen LogP contribution in [0.2, 0.25) is 0 Å². The second-order valence-corrected chi connectivity index (χ2v) is 9.02. The Bertz CT molecular complexity index is 1290. The van der Waals surface area contributed by atoms with Crippen LogP contribution in [0.25, 0.3) is 0 Å². The monoisotopic (exact) mass is 489 g/mol. The van der Waals surface area contributed by atoms with Crippen LogP contribution in [-0.2, 0) is 6.54 Å². The third-order valence-corrected chi connectivity index (χ3v) is 6.31. The van der Waals surface area contributed by atoms with E-state index in [1.807, 2.05) is 36.4 Å². The zero-order valence-electron chi connectivity index (χ0n) is 20.8. The smallest absolute Gasteiger partial charge is 0.248 e. The van der Waals surface area contributed by atoms with Gasteiger partial charge in [-0.2, -0.15) is 5.26 Å². The van der Waals surface area contributed by atoms with Crippen molar-refractivity contribution in [2.45, 2.75) is 18.9 Å². The zero-order chi connectivity index (χ0) is 25.9. The third kappa shape index (κ3) is 7.54. The molecule has 0 aliphatic carbocycles. The molecule has 0 aliphatic rings. The summed E-state index contributed by atoms with van der Waals surface area (Å²) in [5, 5.41) is 9.37. The summed E-state index contributed by atoms with van der Waals surface area (Å²) in [6.45, 7) is 2.87. The number of nitriles is 1. The summed E-state index contributed by atoms with van der Waals surface area (Å²) in [6.07, 6.45) is 0.801. The normalized spacial score (nSPS) is 10.8. The van der Waals surface area contributed by atoms with Gasteiger partial charge < -0.3 is 10.5 Å². The number of nitrogens with zero attached hydrogens (tertiary/aromatic N) is 2. The number of primary amides is 1. The van der Waals surface area contributed by atoms with Gasteiger partial charge in [0.2, 0.25) is 5.91 Å². The lowest BCUT2D eigenvalue weighted by atomic mass is 9.90. The Labute approximate surface area is 218 Å². The molecule has 5 nitrogen and oxygen atoms in total. The number of nitrogens with two attached hydrogens (primary N) is 1. The molecule has 0 radical (unpaired) electrons. The van der Waals surface area contributed by atoms with Gasteiger partial charge in [0.05, 0.1) is 18.2 Å². The molecule has 4 rings (SSSR count). The summed E-state index contributed by atoms with van der Waals surface area (Å²) in [5.74, 6) is 0.370. The molecule has 186 valence electrons. The standard InChI is InChI=1S/C32H31N3O2/c33-22-25-10-7-11-26(20-25)23-35(18-9-19-37-30-17-8-16-29(21-30)32(34)36)24-31(27-12-3-1-4-13-27)28-14-5-2-6-15-28/h1-8,10-17,20-21,31H,9,18-19,23-24H2,(H2,34,36). The summed E-state index contributed by atoms with van der Waals surface area (Å²) in [6, 6.07) is 38.1. The predicted octanol–water partition coefficient (Wildman–Crippen LogP) is 5.76. The molecule has 37 heavy (non-hydrogen) atoms. The molecule has 4 aromatic carbocycles. The Morgan fingerprint density at radius 1 is 0.865 bits per heavy atom. The first-order chi connectivity index (χ1) is 18.1. The second kappa shape index (κ2) is 13.1. The van der Waals surface area contributed by atoms with Crippen molar-refractivity contribution in [1.29, 1.82) is 5.26 Å². The van der Waals surface area contributed by atoms with Crippen molar-refractivity contribution >= 4 is 5.91 Å². The van der Waals surface area contributed by atoms with Gasteiger partial charge in [-0.3, -0.25) is 9.69 Å². The maximum absolute atomic E-state index is 11.5. The van der Waals surface area contributed by atoms with Crippen LogP contribution in [0, 0.1) is 11.3 Å². The van der Waals surface area contributed by atoms with Crippen LogP contribution in [0.4, 0.5) is 0 Å². The maximum Gasteiger partial charge on any atom is 0.248 e. The minimum Gasteiger partial charge on any atom is -0.494 e. The van der Waals surface area contributed by atoms with Crippen molar-refractivity contribution in [3.8, 4) is 11.8 Å². The first-order valence-corrected chi connectivity index (χ1v) is 12.5. The van der Waals surface area contributed by atoms with E-state index in [-0.39, 0.29) is 5.92 Å². The van der Waals surface area contributed by atoms with E-state index in [1.165, 1.54) is 11.1 Å². The highest BCUT2D eigenvalue weighted by molar-refractivity contribution is 5.93. The summed E-state index contributed by atoms with van der Waals surface area (Å²) < 4.78 is 5.93. The topological polar surface area (TPSA) is 79.3 Å². The molecule has 1 amide bonds. The van der Waals surface area contributed by atoms with Crippen LogP contribution in [-0.4, -0.2) is 30.5 Å². The van der Waals surface area contributed by atoms with Gasteiger partial charge in [-0.15, -0.1) is 0 Å². The molecular weight excluding hydrogens is 458 g/mol. The van der Waals surface area contributed by atoms with Crippen LogP contribution in [0.1, 0.15) is 45.0 Å². The van der Waals surface area contributed by atoms with E-state index >= 15 is 0 Å². The Balaban J connectivity index is 1.50. The Hall–Kier alpha value is -4.40. The largest absolute Gasteiger partial charge is 0.494 e. The van der Waals surface area contributed by atoms with Gasteiger partial charge >= 0.3 is 0 Å². The van der Waals surface area contributed by atoms with Gasteiger partial charge in [0.25, 0.3) is 0 Å². The molecule has 0 atom stereocenters. The van der Waals surface area contributed by atoms with Crippen molar-refractivity contribution in [3.63, 3.8) is 0 Å². The van der Waals surface area contributed by atoms with E-state index in [1.54, 1.807) is 18.2 Å². The van der Waals surface area contributed by atoms with Crippen LogP contribution in [0.15, 0.2) is 109 Å². The highest BCUT2D eigenvalue weighted by atomic mass is 16.5. The number of amides is 1. The summed E-state index contributed by atoms with van der Waals surface area (Å²) >= 11 is 0. The molecule has 5 heteroatoms. The van der Waals surface area contributed by atoms with Crippen molar-refractivity contribution in [2.24, 2.45) is 5.73 Å². The fourth-order valence-corrected chi connectivity index (χ4v) is 4.48. The van der Waals surface area contributed by atoms with E-state index in [2.05, 4.69) is 65.6 Å². The fraction of sp³-hybridized carbons (Fsp3) is 0.188. The Morgan fingerprint density at radius 3 is 2.19 bits per heavy atom. The Kier molecular flexibility index (Phi) is 9.07. The molecule has 0 heterocycles. The molecule has 0 fully saturated rings. The van der Waals surface area contributed by atoms with Gasteiger partial charge in [-0.25, -0.2) is 0 Å². The van der Waals surface area contributed by atoms with Crippen molar-refractivity contribution < 1.29 is 9.53 Å². The molecule has 0 aromatic heterocycles. The molecule has 0 unspecified atom stereocenters. The van der Waals surface area contributed by atoms with Crippen LogP contribution in [0.5, 0.6) is 5.75 Å². The maximum atomic E-state index is 11.5. The number of hydrogen-bond donors (Lipinski definition) is 1.